The molecular weight excluding hydrogens is 270 g/mol. The van der Waals surface area contributed by atoms with Gasteiger partial charge >= 0.3 is 5.97 Å². The van der Waals surface area contributed by atoms with E-state index in [9.17, 15) is 9.59 Å². The minimum atomic E-state index is -0.629. The molecule has 2 rings (SSSR count). The predicted molar refractivity (Wildman–Crippen MR) is 79.4 cm³/mol. The summed E-state index contributed by atoms with van der Waals surface area (Å²) in [5.74, 6) is 0.168. The molecule has 5 heteroatoms. The lowest BCUT2D eigenvalue weighted by Crippen LogP contribution is -2.43. The van der Waals surface area contributed by atoms with Crippen molar-refractivity contribution < 1.29 is 19.1 Å². The highest BCUT2D eigenvalue weighted by molar-refractivity contribution is 5.91. The van der Waals surface area contributed by atoms with Crippen molar-refractivity contribution in [3.8, 4) is 5.75 Å². The van der Waals surface area contributed by atoms with Crippen LogP contribution in [0.2, 0.25) is 0 Å². The van der Waals surface area contributed by atoms with Crippen molar-refractivity contribution in [1.82, 2.24) is 0 Å². The van der Waals surface area contributed by atoms with Crippen LogP contribution in [0.4, 0.5) is 5.69 Å². The molecule has 0 aliphatic heterocycles. The molecule has 0 heterocycles. The fourth-order valence-corrected chi connectivity index (χ4v) is 2.68. The van der Waals surface area contributed by atoms with Crippen molar-refractivity contribution in [3.63, 3.8) is 0 Å². The van der Waals surface area contributed by atoms with E-state index in [-0.39, 0.29) is 11.7 Å². The first-order valence-corrected chi connectivity index (χ1v) is 7.17. The predicted octanol–water partition coefficient (Wildman–Crippen LogP) is 2.41. The number of benzene rings is 1. The normalized spacial score (nSPS) is 19.7. The number of methoxy groups -OCH3 is 2. The summed E-state index contributed by atoms with van der Waals surface area (Å²) in [5.41, 5.74) is 0.768. The van der Waals surface area contributed by atoms with Crippen molar-refractivity contribution in [2.45, 2.75) is 31.7 Å². The van der Waals surface area contributed by atoms with Crippen LogP contribution in [0.3, 0.4) is 0 Å². The largest absolute Gasteiger partial charge is 0.497 e. The summed E-state index contributed by atoms with van der Waals surface area (Å²) in [6.07, 6.45) is 3.14. The van der Waals surface area contributed by atoms with Crippen molar-refractivity contribution in [3.05, 3.63) is 24.3 Å². The highest BCUT2D eigenvalue weighted by Crippen LogP contribution is 2.27. The van der Waals surface area contributed by atoms with Gasteiger partial charge in [-0.05, 0) is 37.1 Å². The van der Waals surface area contributed by atoms with Crippen LogP contribution < -0.4 is 10.1 Å². The lowest BCUT2D eigenvalue weighted by molar-refractivity contribution is -0.145. The Hall–Kier alpha value is -2.04. The van der Waals surface area contributed by atoms with Gasteiger partial charge in [-0.2, -0.15) is 0 Å². The van der Waals surface area contributed by atoms with Crippen LogP contribution >= 0.6 is 0 Å². The van der Waals surface area contributed by atoms with Gasteiger partial charge < -0.3 is 14.8 Å². The fraction of sp³-hybridized carbons (Fsp3) is 0.500. The maximum atomic E-state index is 12.1. The van der Waals surface area contributed by atoms with Crippen LogP contribution in [0.15, 0.2) is 24.3 Å². The van der Waals surface area contributed by atoms with E-state index in [0.717, 1.165) is 30.7 Å². The monoisotopic (exact) mass is 291 g/mol. The summed E-state index contributed by atoms with van der Waals surface area (Å²) in [6.45, 7) is 0. The van der Waals surface area contributed by atoms with E-state index in [2.05, 4.69) is 5.32 Å². The van der Waals surface area contributed by atoms with E-state index >= 15 is 0 Å². The molecule has 21 heavy (non-hydrogen) atoms. The second-order valence-electron chi connectivity index (χ2n) is 5.19. The number of hydrogen-bond acceptors (Lipinski definition) is 5. The molecule has 1 N–H and O–H groups in total. The number of rotatable bonds is 5. The Morgan fingerprint density at radius 3 is 2.52 bits per heavy atom. The van der Waals surface area contributed by atoms with Crippen LogP contribution in [0.1, 0.15) is 25.7 Å². The Morgan fingerprint density at radius 2 is 1.95 bits per heavy atom. The highest BCUT2D eigenvalue weighted by atomic mass is 16.5. The van der Waals surface area contributed by atoms with Gasteiger partial charge in [0.2, 0.25) is 0 Å². The third-order valence-electron chi connectivity index (χ3n) is 3.87. The third kappa shape index (κ3) is 3.74. The van der Waals surface area contributed by atoms with Gasteiger partial charge in [0, 0.05) is 18.0 Å². The standard InChI is InChI=1S/C16H21NO4/c1-20-12-9-7-11(8-10-12)17-15(16(19)21-2)13-5-3-4-6-14(13)18/h7-10,13,15,17H,3-6H2,1-2H3/t13-,15-/m0/s1. The molecule has 0 radical (unpaired) electrons. The van der Waals surface area contributed by atoms with E-state index in [0.29, 0.717) is 6.42 Å². The van der Waals surface area contributed by atoms with E-state index in [4.69, 9.17) is 9.47 Å². The first kappa shape index (κ1) is 15.4. The van der Waals surface area contributed by atoms with Crippen molar-refractivity contribution in [2.24, 2.45) is 5.92 Å². The molecule has 0 aromatic heterocycles. The number of ketones is 1. The van der Waals surface area contributed by atoms with Gasteiger partial charge in [0.25, 0.3) is 0 Å². The summed E-state index contributed by atoms with van der Waals surface area (Å²) in [4.78, 5) is 24.1. The zero-order chi connectivity index (χ0) is 15.2. The first-order chi connectivity index (χ1) is 10.2. The van der Waals surface area contributed by atoms with Gasteiger partial charge in [-0.15, -0.1) is 0 Å². The van der Waals surface area contributed by atoms with Gasteiger partial charge in [-0.1, -0.05) is 6.42 Å². The molecule has 1 fully saturated rings. The molecule has 1 aliphatic carbocycles. The molecule has 1 aliphatic rings. The molecule has 2 atom stereocenters. The van der Waals surface area contributed by atoms with Gasteiger partial charge in [0.1, 0.15) is 17.6 Å². The number of carbonyl (C=O) groups excluding carboxylic acids is 2. The second kappa shape index (κ2) is 7.11. The van der Waals surface area contributed by atoms with Crippen molar-refractivity contribution in [2.75, 3.05) is 19.5 Å². The average Bonchev–Trinajstić information content (AvgIpc) is 2.53. The maximum Gasteiger partial charge on any atom is 0.329 e. The fourth-order valence-electron chi connectivity index (χ4n) is 2.68. The molecule has 1 aromatic rings. The molecule has 114 valence electrons. The molecule has 5 nitrogen and oxygen atoms in total. The molecular formula is C16H21NO4. The molecule has 0 bridgehead atoms. The Labute approximate surface area is 124 Å². The summed E-state index contributed by atoms with van der Waals surface area (Å²) in [7, 11) is 2.94. The number of anilines is 1. The Morgan fingerprint density at radius 1 is 1.24 bits per heavy atom. The molecule has 1 aromatic carbocycles. The molecule has 0 saturated heterocycles. The van der Waals surface area contributed by atoms with Gasteiger partial charge in [0.15, 0.2) is 0 Å². The minimum Gasteiger partial charge on any atom is -0.497 e. The zero-order valence-electron chi connectivity index (χ0n) is 12.4. The number of hydrogen-bond donors (Lipinski definition) is 1. The van der Waals surface area contributed by atoms with Gasteiger partial charge in [-0.25, -0.2) is 4.79 Å². The van der Waals surface area contributed by atoms with Crippen molar-refractivity contribution in [1.29, 1.82) is 0 Å². The van der Waals surface area contributed by atoms with Gasteiger partial charge in [-0.3, -0.25) is 4.79 Å². The van der Waals surface area contributed by atoms with Crippen LogP contribution in [0.25, 0.3) is 0 Å². The Bertz CT molecular complexity index is 498. The van der Waals surface area contributed by atoms with Gasteiger partial charge in [0.05, 0.1) is 14.2 Å². The van der Waals surface area contributed by atoms with Crippen LogP contribution in [-0.2, 0) is 14.3 Å². The van der Waals surface area contributed by atoms with Crippen molar-refractivity contribution >= 4 is 17.4 Å². The smallest absolute Gasteiger partial charge is 0.329 e. The minimum absolute atomic E-state index is 0.137. The lowest BCUT2D eigenvalue weighted by Gasteiger charge is -2.28. The highest BCUT2D eigenvalue weighted by Gasteiger charge is 2.35. The van der Waals surface area contributed by atoms with Crippen LogP contribution in [-0.4, -0.2) is 32.0 Å². The SMILES string of the molecule is COC(=O)[C@@H](Nc1ccc(OC)cc1)[C@H]1CCCCC1=O. The number of nitrogens with one attached hydrogen (secondary N) is 1. The molecule has 0 spiro atoms. The van der Waals surface area contributed by atoms with E-state index in [1.807, 2.05) is 12.1 Å². The molecule has 1 saturated carbocycles. The van der Waals surface area contributed by atoms with E-state index in [1.165, 1.54) is 7.11 Å². The number of esters is 1. The summed E-state index contributed by atoms with van der Waals surface area (Å²) < 4.78 is 9.96. The first-order valence-electron chi connectivity index (χ1n) is 7.17. The third-order valence-corrected chi connectivity index (χ3v) is 3.87. The maximum absolute atomic E-state index is 12.1. The Balaban J connectivity index is 2.15. The van der Waals surface area contributed by atoms with E-state index < -0.39 is 12.0 Å². The van der Waals surface area contributed by atoms with Crippen LogP contribution in [0.5, 0.6) is 5.75 Å². The number of carbonyl (C=O) groups is 2. The Kier molecular flexibility index (Phi) is 5.20. The zero-order valence-corrected chi connectivity index (χ0v) is 12.4. The van der Waals surface area contributed by atoms with E-state index in [1.54, 1.807) is 19.2 Å². The second-order valence-corrected chi connectivity index (χ2v) is 5.19. The van der Waals surface area contributed by atoms with Crippen LogP contribution in [0, 0.1) is 5.92 Å². The number of ether oxygens (including phenoxy) is 2. The average molecular weight is 291 g/mol. The summed E-state index contributed by atoms with van der Waals surface area (Å²) in [6, 6.07) is 6.62. The topological polar surface area (TPSA) is 64.6 Å². The quantitative estimate of drug-likeness (QED) is 0.844. The lowest BCUT2D eigenvalue weighted by atomic mass is 9.82. The molecule has 0 unspecified atom stereocenters. The summed E-state index contributed by atoms with van der Waals surface area (Å²) in [5, 5.41) is 3.13. The molecule has 0 amide bonds. The number of Topliss-reactive ketones (excluding diaryl/α,β-unsaturated/α-hetero) is 1. The summed E-state index contributed by atoms with van der Waals surface area (Å²) >= 11 is 0.